The molecule has 3 aromatic rings. The molecule has 6 heteroatoms. The molecule has 0 bridgehead atoms. The van der Waals surface area contributed by atoms with Crippen molar-refractivity contribution < 1.29 is 8.42 Å². The zero-order valence-corrected chi connectivity index (χ0v) is 15.6. The highest BCUT2D eigenvalue weighted by atomic mass is 32.2. The fourth-order valence-corrected chi connectivity index (χ4v) is 3.77. The first-order chi connectivity index (χ1) is 12.0. The minimum atomic E-state index is -3.09. The van der Waals surface area contributed by atoms with E-state index < -0.39 is 10.0 Å². The molecular formula is C19H25N3O2S. The quantitative estimate of drug-likeness (QED) is 0.608. The van der Waals surface area contributed by atoms with E-state index in [0.29, 0.717) is 6.54 Å². The number of nitrogens with one attached hydrogen (secondary N) is 2. The molecule has 0 aliphatic carbocycles. The van der Waals surface area contributed by atoms with Crippen molar-refractivity contribution in [3.63, 3.8) is 0 Å². The number of benzene rings is 2. The van der Waals surface area contributed by atoms with E-state index in [1.807, 2.05) is 0 Å². The number of sulfonamides is 1. The summed E-state index contributed by atoms with van der Waals surface area (Å²) in [6, 6.07) is 15.1. The molecule has 134 valence electrons. The molecule has 0 radical (unpaired) electrons. The molecule has 0 spiro atoms. The molecule has 0 aliphatic heterocycles. The second kappa shape index (κ2) is 7.56. The number of para-hydroxylation sites is 1. The molecule has 0 saturated carbocycles. The summed E-state index contributed by atoms with van der Waals surface area (Å²) in [6.45, 7) is 5.15. The average Bonchev–Trinajstić information content (AvgIpc) is 2.90. The smallest absolute Gasteiger partial charge is 0.208 e. The van der Waals surface area contributed by atoms with Crippen molar-refractivity contribution in [2.24, 2.45) is 0 Å². The van der Waals surface area contributed by atoms with Gasteiger partial charge < -0.3 is 9.88 Å². The third-order valence-electron chi connectivity index (χ3n) is 4.38. The second-order valence-electron chi connectivity index (χ2n) is 6.31. The Morgan fingerprint density at radius 1 is 1.00 bits per heavy atom. The van der Waals surface area contributed by atoms with E-state index in [1.54, 1.807) is 0 Å². The van der Waals surface area contributed by atoms with Crippen molar-refractivity contribution in [1.29, 1.82) is 0 Å². The maximum atomic E-state index is 11.0. The SMILES string of the molecule is CCn1c2ccccc2c2cc(CNCCCNS(C)(=O)=O)ccc21. The summed E-state index contributed by atoms with van der Waals surface area (Å²) in [6.07, 6.45) is 1.95. The van der Waals surface area contributed by atoms with Crippen molar-refractivity contribution in [2.45, 2.75) is 26.4 Å². The summed E-state index contributed by atoms with van der Waals surface area (Å²) in [5.74, 6) is 0. The predicted octanol–water partition coefficient (Wildman–Crippen LogP) is 2.84. The average molecular weight is 359 g/mol. The molecule has 2 N–H and O–H groups in total. The molecule has 2 aromatic carbocycles. The van der Waals surface area contributed by atoms with Gasteiger partial charge in [-0.3, -0.25) is 0 Å². The van der Waals surface area contributed by atoms with Crippen LogP contribution in [0.3, 0.4) is 0 Å². The fraction of sp³-hybridized carbons (Fsp3) is 0.368. The molecule has 5 nitrogen and oxygen atoms in total. The summed E-state index contributed by atoms with van der Waals surface area (Å²) < 4.78 is 26.9. The third-order valence-corrected chi connectivity index (χ3v) is 5.11. The van der Waals surface area contributed by atoms with E-state index in [2.05, 4.69) is 64.0 Å². The topological polar surface area (TPSA) is 63.1 Å². The highest BCUT2D eigenvalue weighted by Gasteiger charge is 2.09. The maximum absolute atomic E-state index is 11.0. The lowest BCUT2D eigenvalue weighted by atomic mass is 10.1. The van der Waals surface area contributed by atoms with Crippen LogP contribution in [0.25, 0.3) is 21.8 Å². The van der Waals surface area contributed by atoms with E-state index in [0.717, 1.165) is 26.1 Å². The first-order valence-corrected chi connectivity index (χ1v) is 10.5. The minimum absolute atomic E-state index is 0.467. The highest BCUT2D eigenvalue weighted by molar-refractivity contribution is 7.88. The van der Waals surface area contributed by atoms with Crippen molar-refractivity contribution in [3.8, 4) is 0 Å². The van der Waals surface area contributed by atoms with Crippen LogP contribution in [0.15, 0.2) is 42.5 Å². The molecule has 1 aromatic heterocycles. The van der Waals surface area contributed by atoms with Gasteiger partial charge >= 0.3 is 0 Å². The Hall–Kier alpha value is -1.89. The van der Waals surface area contributed by atoms with Gasteiger partial charge in [0.15, 0.2) is 0 Å². The molecular weight excluding hydrogens is 334 g/mol. The molecule has 0 fully saturated rings. The molecule has 0 atom stereocenters. The Balaban J connectivity index is 1.68. The van der Waals surface area contributed by atoms with Crippen molar-refractivity contribution in [3.05, 3.63) is 48.0 Å². The van der Waals surface area contributed by atoms with Crippen molar-refractivity contribution in [2.75, 3.05) is 19.3 Å². The van der Waals surface area contributed by atoms with E-state index in [4.69, 9.17) is 0 Å². The molecule has 0 aliphatic rings. The summed E-state index contributed by atoms with van der Waals surface area (Å²) in [5.41, 5.74) is 3.78. The van der Waals surface area contributed by atoms with Gasteiger partial charge in [-0.2, -0.15) is 0 Å². The van der Waals surface area contributed by atoms with Gasteiger partial charge in [-0.15, -0.1) is 0 Å². The number of nitrogens with zero attached hydrogens (tertiary/aromatic N) is 1. The van der Waals surface area contributed by atoms with Gasteiger partial charge in [0.05, 0.1) is 6.26 Å². The molecule has 0 saturated heterocycles. The lowest BCUT2D eigenvalue weighted by Crippen LogP contribution is -2.26. The summed E-state index contributed by atoms with van der Waals surface area (Å²) in [4.78, 5) is 0. The van der Waals surface area contributed by atoms with Gasteiger partial charge in [0.1, 0.15) is 0 Å². The number of fused-ring (bicyclic) bond motifs is 3. The first-order valence-electron chi connectivity index (χ1n) is 8.65. The first kappa shape index (κ1) is 17.9. The van der Waals surface area contributed by atoms with Gasteiger partial charge in [-0.25, -0.2) is 13.1 Å². The molecule has 0 amide bonds. The second-order valence-corrected chi connectivity index (χ2v) is 8.14. The predicted molar refractivity (Wildman–Crippen MR) is 104 cm³/mol. The van der Waals surface area contributed by atoms with Crippen molar-refractivity contribution >= 4 is 31.8 Å². The van der Waals surface area contributed by atoms with Gasteiger partial charge in [0.25, 0.3) is 0 Å². The Kier molecular flexibility index (Phi) is 5.42. The highest BCUT2D eigenvalue weighted by Crippen LogP contribution is 2.29. The van der Waals surface area contributed by atoms with Crippen LogP contribution in [0.5, 0.6) is 0 Å². The Bertz CT molecular complexity index is 977. The van der Waals surface area contributed by atoms with Crippen LogP contribution in [0, 0.1) is 0 Å². The van der Waals surface area contributed by atoms with Crippen LogP contribution < -0.4 is 10.0 Å². The molecule has 1 heterocycles. The van der Waals surface area contributed by atoms with Crippen LogP contribution in [-0.2, 0) is 23.1 Å². The monoisotopic (exact) mass is 359 g/mol. The Morgan fingerprint density at radius 3 is 2.52 bits per heavy atom. The van der Waals surface area contributed by atoms with Crippen LogP contribution in [0.2, 0.25) is 0 Å². The lowest BCUT2D eigenvalue weighted by molar-refractivity contribution is 0.579. The van der Waals surface area contributed by atoms with Gasteiger partial charge in [-0.1, -0.05) is 24.3 Å². The normalized spacial score (nSPS) is 12.2. The summed E-state index contributed by atoms with van der Waals surface area (Å²) in [5, 5.41) is 5.96. The number of hydrogen-bond donors (Lipinski definition) is 2. The summed E-state index contributed by atoms with van der Waals surface area (Å²) in [7, 11) is -3.09. The molecule has 3 rings (SSSR count). The molecule has 0 unspecified atom stereocenters. The number of aromatic nitrogens is 1. The third kappa shape index (κ3) is 4.21. The lowest BCUT2D eigenvalue weighted by Gasteiger charge is -2.07. The van der Waals surface area contributed by atoms with E-state index in [9.17, 15) is 8.42 Å². The largest absolute Gasteiger partial charge is 0.341 e. The number of hydrogen-bond acceptors (Lipinski definition) is 3. The minimum Gasteiger partial charge on any atom is -0.341 e. The number of aryl methyl sites for hydroxylation is 1. The zero-order valence-electron chi connectivity index (χ0n) is 14.7. The summed E-state index contributed by atoms with van der Waals surface area (Å²) >= 11 is 0. The van der Waals surface area contributed by atoms with E-state index in [1.165, 1.54) is 33.6 Å². The van der Waals surface area contributed by atoms with Gasteiger partial charge in [-0.05, 0) is 43.7 Å². The van der Waals surface area contributed by atoms with Gasteiger partial charge in [0.2, 0.25) is 10.0 Å². The van der Waals surface area contributed by atoms with Crippen LogP contribution in [0.4, 0.5) is 0 Å². The van der Waals surface area contributed by atoms with Crippen LogP contribution in [0.1, 0.15) is 18.9 Å². The maximum Gasteiger partial charge on any atom is 0.208 e. The fourth-order valence-electron chi connectivity index (χ4n) is 3.26. The van der Waals surface area contributed by atoms with Gasteiger partial charge in [0, 0.05) is 41.4 Å². The van der Waals surface area contributed by atoms with E-state index >= 15 is 0 Å². The van der Waals surface area contributed by atoms with Crippen LogP contribution >= 0.6 is 0 Å². The zero-order chi connectivity index (χ0) is 17.9. The standard InChI is InChI=1S/C19H25N3O2S/c1-3-22-18-8-5-4-7-16(18)17-13-15(9-10-19(17)22)14-20-11-6-12-21-25(2,23)24/h4-5,7-10,13,20-21H,3,6,11-12,14H2,1-2H3. The Morgan fingerprint density at radius 2 is 1.76 bits per heavy atom. The molecule has 25 heavy (non-hydrogen) atoms. The Labute approximate surface area is 149 Å². The van der Waals surface area contributed by atoms with Crippen LogP contribution in [-0.4, -0.2) is 32.3 Å². The van der Waals surface area contributed by atoms with E-state index in [-0.39, 0.29) is 0 Å². The van der Waals surface area contributed by atoms with Crippen molar-refractivity contribution in [1.82, 2.24) is 14.6 Å². The number of rotatable bonds is 8.